The number of fused-ring (bicyclic) bond motifs is 1. The molecule has 0 unspecified atom stereocenters. The summed E-state index contributed by atoms with van der Waals surface area (Å²) < 4.78 is 6.92. The summed E-state index contributed by atoms with van der Waals surface area (Å²) >= 11 is 0. The van der Waals surface area contributed by atoms with Gasteiger partial charge in [0, 0.05) is 17.6 Å². The predicted molar refractivity (Wildman–Crippen MR) is 91.7 cm³/mol. The molecular weight excluding hydrogens is 318 g/mol. The standard InChI is InChI=1S/C18H23N5O2/c1-12-9-13-5-3-4-6-15(13)23(12)18(24)14-7-8-17(25-2)16(10-14)22-11-19-20-21-22/h7-8,10-13,15H,3-6,9H2,1-2H3/t12-,13+,15+/m1/s1. The van der Waals surface area contributed by atoms with Crippen molar-refractivity contribution in [3.05, 3.63) is 30.1 Å². The number of likely N-dealkylation sites (tertiary alicyclic amines) is 1. The second-order valence-corrected chi connectivity index (χ2v) is 7.05. The number of aromatic nitrogens is 4. The van der Waals surface area contributed by atoms with E-state index in [2.05, 4.69) is 27.3 Å². The zero-order valence-electron chi connectivity index (χ0n) is 14.6. The van der Waals surface area contributed by atoms with Crippen LogP contribution in [0.2, 0.25) is 0 Å². The van der Waals surface area contributed by atoms with Crippen molar-refractivity contribution >= 4 is 5.91 Å². The molecule has 2 aromatic rings. The summed E-state index contributed by atoms with van der Waals surface area (Å²) in [5.41, 5.74) is 1.33. The number of tetrazole rings is 1. The van der Waals surface area contributed by atoms with E-state index in [1.165, 1.54) is 30.3 Å². The molecule has 0 spiro atoms. The van der Waals surface area contributed by atoms with Gasteiger partial charge in [0.25, 0.3) is 5.91 Å². The minimum atomic E-state index is 0.0962. The predicted octanol–water partition coefficient (Wildman–Crippen LogP) is 2.46. The van der Waals surface area contributed by atoms with Crippen molar-refractivity contribution in [3.63, 3.8) is 0 Å². The highest BCUT2D eigenvalue weighted by molar-refractivity contribution is 5.95. The van der Waals surface area contributed by atoms with Crippen LogP contribution in [-0.4, -0.2) is 50.2 Å². The third kappa shape index (κ3) is 2.77. The monoisotopic (exact) mass is 341 g/mol. The first-order valence-electron chi connectivity index (χ1n) is 8.93. The number of amides is 1. The first-order chi connectivity index (χ1) is 12.2. The van der Waals surface area contributed by atoms with E-state index in [9.17, 15) is 4.79 Å². The zero-order valence-corrected chi connectivity index (χ0v) is 14.6. The second-order valence-electron chi connectivity index (χ2n) is 7.05. The highest BCUT2D eigenvalue weighted by Crippen LogP contribution is 2.40. The normalized spacial score (nSPS) is 25.7. The molecule has 132 valence electrons. The highest BCUT2D eigenvalue weighted by atomic mass is 16.5. The van der Waals surface area contributed by atoms with Crippen LogP contribution in [0.25, 0.3) is 5.69 Å². The van der Waals surface area contributed by atoms with Crippen molar-refractivity contribution in [1.29, 1.82) is 0 Å². The number of rotatable bonds is 3. The largest absolute Gasteiger partial charge is 0.494 e. The molecule has 4 rings (SSSR count). The van der Waals surface area contributed by atoms with Crippen LogP contribution in [0.3, 0.4) is 0 Å². The Morgan fingerprint density at radius 2 is 2.12 bits per heavy atom. The molecule has 7 nitrogen and oxygen atoms in total. The Labute approximate surface area is 147 Å². The van der Waals surface area contributed by atoms with Crippen molar-refractivity contribution in [3.8, 4) is 11.4 Å². The van der Waals surface area contributed by atoms with E-state index < -0.39 is 0 Å². The van der Waals surface area contributed by atoms with E-state index in [4.69, 9.17) is 4.74 Å². The van der Waals surface area contributed by atoms with E-state index in [0.717, 1.165) is 12.8 Å². The summed E-state index contributed by atoms with van der Waals surface area (Å²) in [5.74, 6) is 1.39. The highest BCUT2D eigenvalue weighted by Gasteiger charge is 2.42. The summed E-state index contributed by atoms with van der Waals surface area (Å²) in [4.78, 5) is 15.4. The van der Waals surface area contributed by atoms with E-state index in [0.29, 0.717) is 35.0 Å². The summed E-state index contributed by atoms with van der Waals surface area (Å²) in [5, 5.41) is 11.3. The lowest BCUT2D eigenvalue weighted by molar-refractivity contribution is 0.0633. The van der Waals surface area contributed by atoms with E-state index in [1.54, 1.807) is 7.11 Å². The fourth-order valence-corrected chi connectivity index (χ4v) is 4.48. The van der Waals surface area contributed by atoms with Crippen molar-refractivity contribution in [2.45, 2.75) is 51.1 Å². The van der Waals surface area contributed by atoms with Gasteiger partial charge in [-0.05, 0) is 60.7 Å². The van der Waals surface area contributed by atoms with Gasteiger partial charge >= 0.3 is 0 Å². The van der Waals surface area contributed by atoms with Crippen LogP contribution in [0.5, 0.6) is 5.75 Å². The molecule has 1 aliphatic carbocycles. The van der Waals surface area contributed by atoms with Gasteiger partial charge in [-0.15, -0.1) is 5.10 Å². The number of ether oxygens (including phenoxy) is 1. The van der Waals surface area contributed by atoms with Gasteiger partial charge in [0.05, 0.1) is 7.11 Å². The van der Waals surface area contributed by atoms with Crippen LogP contribution in [0.1, 0.15) is 49.4 Å². The summed E-state index contributed by atoms with van der Waals surface area (Å²) in [6.45, 7) is 2.17. The topological polar surface area (TPSA) is 73.1 Å². The number of carbonyl (C=O) groups is 1. The molecule has 2 heterocycles. The van der Waals surface area contributed by atoms with Crippen molar-refractivity contribution in [2.24, 2.45) is 5.92 Å². The minimum Gasteiger partial charge on any atom is -0.494 e. The third-order valence-electron chi connectivity index (χ3n) is 5.60. The smallest absolute Gasteiger partial charge is 0.254 e. The molecule has 1 amide bonds. The molecule has 3 atom stereocenters. The molecule has 0 N–H and O–H groups in total. The number of carbonyl (C=O) groups excluding carboxylic acids is 1. The van der Waals surface area contributed by atoms with Gasteiger partial charge in [-0.1, -0.05) is 12.8 Å². The maximum absolute atomic E-state index is 13.3. The fraction of sp³-hybridized carbons (Fsp3) is 0.556. The molecule has 1 saturated carbocycles. The average molecular weight is 341 g/mol. The number of methoxy groups -OCH3 is 1. The second kappa shape index (κ2) is 6.46. The summed E-state index contributed by atoms with van der Waals surface area (Å²) in [6.07, 6.45) is 7.50. The lowest BCUT2D eigenvalue weighted by Crippen LogP contribution is -2.42. The molecule has 1 aromatic heterocycles. The van der Waals surface area contributed by atoms with Crippen LogP contribution in [0.15, 0.2) is 24.5 Å². The molecule has 1 aromatic carbocycles. The maximum Gasteiger partial charge on any atom is 0.254 e. The molecule has 7 heteroatoms. The molecular formula is C18H23N5O2. The summed E-state index contributed by atoms with van der Waals surface area (Å²) in [7, 11) is 1.60. The van der Waals surface area contributed by atoms with Gasteiger partial charge in [0.1, 0.15) is 17.8 Å². The number of hydrogen-bond donors (Lipinski definition) is 0. The molecule has 2 fully saturated rings. The quantitative estimate of drug-likeness (QED) is 0.857. The lowest BCUT2D eigenvalue weighted by atomic mass is 9.85. The Bertz CT molecular complexity index is 761. The van der Waals surface area contributed by atoms with Gasteiger partial charge in [0.15, 0.2) is 0 Å². The van der Waals surface area contributed by atoms with Crippen LogP contribution in [0, 0.1) is 5.92 Å². The minimum absolute atomic E-state index is 0.0962. The van der Waals surface area contributed by atoms with E-state index >= 15 is 0 Å². The molecule has 1 aliphatic heterocycles. The first kappa shape index (κ1) is 16.1. The van der Waals surface area contributed by atoms with E-state index in [-0.39, 0.29) is 5.91 Å². The third-order valence-corrected chi connectivity index (χ3v) is 5.60. The van der Waals surface area contributed by atoms with Gasteiger partial charge in [-0.25, -0.2) is 0 Å². The number of benzene rings is 1. The van der Waals surface area contributed by atoms with Gasteiger partial charge in [-0.2, -0.15) is 4.68 Å². The Kier molecular flexibility index (Phi) is 4.15. The van der Waals surface area contributed by atoms with Crippen LogP contribution >= 0.6 is 0 Å². The average Bonchev–Trinajstić information content (AvgIpc) is 3.27. The van der Waals surface area contributed by atoms with Crippen LogP contribution in [-0.2, 0) is 0 Å². The van der Waals surface area contributed by atoms with Crippen molar-refractivity contribution < 1.29 is 9.53 Å². The van der Waals surface area contributed by atoms with E-state index in [1.807, 2.05) is 18.2 Å². The van der Waals surface area contributed by atoms with Gasteiger partial charge in [-0.3, -0.25) is 4.79 Å². The van der Waals surface area contributed by atoms with Crippen LogP contribution in [0.4, 0.5) is 0 Å². The molecule has 0 radical (unpaired) electrons. The van der Waals surface area contributed by atoms with Gasteiger partial charge in [0.2, 0.25) is 0 Å². The molecule has 0 bridgehead atoms. The zero-order chi connectivity index (χ0) is 17.4. The molecule has 1 saturated heterocycles. The van der Waals surface area contributed by atoms with Crippen LogP contribution < -0.4 is 4.74 Å². The molecule has 25 heavy (non-hydrogen) atoms. The Hall–Kier alpha value is -2.44. The Morgan fingerprint density at radius 1 is 1.28 bits per heavy atom. The Morgan fingerprint density at radius 3 is 2.88 bits per heavy atom. The first-order valence-corrected chi connectivity index (χ1v) is 8.93. The summed E-state index contributed by atoms with van der Waals surface area (Å²) in [6, 6.07) is 6.13. The van der Waals surface area contributed by atoms with Gasteiger partial charge < -0.3 is 9.64 Å². The number of nitrogens with zero attached hydrogens (tertiary/aromatic N) is 5. The van der Waals surface area contributed by atoms with Crippen molar-refractivity contribution in [2.75, 3.05) is 7.11 Å². The fourth-order valence-electron chi connectivity index (χ4n) is 4.48. The number of hydrogen-bond acceptors (Lipinski definition) is 5. The van der Waals surface area contributed by atoms with Crippen molar-refractivity contribution in [1.82, 2.24) is 25.1 Å². The SMILES string of the molecule is COc1ccc(C(=O)N2[C@H](C)C[C@@H]3CCCC[C@@H]32)cc1-n1cnnn1. The molecule has 2 aliphatic rings. The lowest BCUT2D eigenvalue weighted by Gasteiger charge is -2.33. The maximum atomic E-state index is 13.3. The Balaban J connectivity index is 1.67.